The second kappa shape index (κ2) is 8.57. The van der Waals surface area contributed by atoms with Gasteiger partial charge in [0, 0.05) is 48.8 Å². The van der Waals surface area contributed by atoms with E-state index in [1.807, 2.05) is 10.3 Å². The minimum absolute atomic E-state index is 0.0514. The average molecular weight is 461 g/mol. The SMILES string of the molecule is N=C(c1cc(-c2csc3c(=O)cc(N4CCNCC4)oc23)ncn1)c1ccccc1C(N)=O. The number of carbonyl (C=O) groups excluding carboxylic acids is 1. The number of piperazine rings is 1. The zero-order valence-corrected chi connectivity index (χ0v) is 18.3. The standard InChI is InChI=1S/C23H20N6O3S/c24-20(13-3-1-2-4-14(13)23(25)31)17-9-16(27-12-28-17)15-11-33-22-18(30)10-19(32-21(15)22)29-7-5-26-6-8-29/h1-4,9-12,24,26H,5-8H2,(H2,25,31). The van der Waals surface area contributed by atoms with Crippen molar-refractivity contribution in [1.29, 1.82) is 5.41 Å². The number of amides is 1. The molecule has 1 saturated heterocycles. The third kappa shape index (κ3) is 3.90. The van der Waals surface area contributed by atoms with Crippen LogP contribution >= 0.6 is 11.3 Å². The topological polar surface area (TPSA) is 138 Å². The number of nitrogens with one attached hydrogen (secondary N) is 2. The molecule has 0 bridgehead atoms. The monoisotopic (exact) mass is 460 g/mol. The van der Waals surface area contributed by atoms with Crippen LogP contribution in [-0.2, 0) is 0 Å². The Morgan fingerprint density at radius 2 is 1.91 bits per heavy atom. The maximum atomic E-state index is 12.7. The van der Waals surface area contributed by atoms with Gasteiger partial charge in [0.05, 0.1) is 22.7 Å². The van der Waals surface area contributed by atoms with Crippen LogP contribution in [-0.4, -0.2) is 47.8 Å². The molecule has 166 valence electrons. The number of carbonyl (C=O) groups is 1. The van der Waals surface area contributed by atoms with Crippen LogP contribution in [0.25, 0.3) is 21.5 Å². The zero-order valence-electron chi connectivity index (χ0n) is 17.5. The number of aromatic nitrogens is 2. The molecule has 4 heterocycles. The molecule has 0 radical (unpaired) electrons. The molecule has 1 aliphatic rings. The highest BCUT2D eigenvalue weighted by Crippen LogP contribution is 2.34. The van der Waals surface area contributed by atoms with Crippen molar-refractivity contribution in [2.45, 2.75) is 0 Å². The van der Waals surface area contributed by atoms with Crippen molar-refractivity contribution in [2.75, 3.05) is 31.1 Å². The van der Waals surface area contributed by atoms with Gasteiger partial charge in [0.2, 0.25) is 11.3 Å². The fourth-order valence-electron chi connectivity index (χ4n) is 3.84. The lowest BCUT2D eigenvalue weighted by molar-refractivity contribution is 0.1000. The molecule has 4 N–H and O–H groups in total. The normalized spacial score (nSPS) is 13.9. The molecule has 1 aromatic carbocycles. The number of primary amides is 1. The Balaban J connectivity index is 1.57. The predicted molar refractivity (Wildman–Crippen MR) is 127 cm³/mol. The molecule has 0 unspecified atom stereocenters. The predicted octanol–water partition coefficient (Wildman–Crippen LogP) is 2.24. The Hall–Kier alpha value is -3.89. The first-order valence-corrected chi connectivity index (χ1v) is 11.2. The Labute approximate surface area is 192 Å². The summed E-state index contributed by atoms with van der Waals surface area (Å²) in [6, 6.07) is 9.85. The highest BCUT2D eigenvalue weighted by atomic mass is 32.1. The number of fused-ring (bicyclic) bond motifs is 1. The van der Waals surface area contributed by atoms with Crippen LogP contribution in [0.3, 0.4) is 0 Å². The summed E-state index contributed by atoms with van der Waals surface area (Å²) >= 11 is 1.30. The van der Waals surface area contributed by atoms with E-state index >= 15 is 0 Å². The lowest BCUT2D eigenvalue weighted by Gasteiger charge is -2.27. The maximum Gasteiger partial charge on any atom is 0.249 e. The van der Waals surface area contributed by atoms with Gasteiger partial charge in [-0.3, -0.25) is 15.0 Å². The zero-order chi connectivity index (χ0) is 22.9. The van der Waals surface area contributed by atoms with Gasteiger partial charge in [-0.1, -0.05) is 18.2 Å². The quantitative estimate of drug-likeness (QED) is 0.388. The first kappa shape index (κ1) is 21.0. The van der Waals surface area contributed by atoms with E-state index in [1.54, 1.807) is 30.3 Å². The molecule has 5 rings (SSSR count). The summed E-state index contributed by atoms with van der Waals surface area (Å²) in [6.45, 7) is 3.15. The molecule has 0 saturated carbocycles. The number of nitrogens with two attached hydrogens (primary N) is 1. The summed E-state index contributed by atoms with van der Waals surface area (Å²) in [4.78, 5) is 35.2. The number of benzene rings is 1. The van der Waals surface area contributed by atoms with Crippen molar-refractivity contribution in [2.24, 2.45) is 5.73 Å². The number of hydrogen-bond donors (Lipinski definition) is 3. The summed E-state index contributed by atoms with van der Waals surface area (Å²) in [5.41, 5.74) is 8.03. The summed E-state index contributed by atoms with van der Waals surface area (Å²) in [7, 11) is 0. The van der Waals surface area contributed by atoms with E-state index in [9.17, 15) is 9.59 Å². The number of thiophene rings is 1. The van der Waals surface area contributed by atoms with E-state index < -0.39 is 5.91 Å². The molecule has 0 spiro atoms. The highest BCUT2D eigenvalue weighted by Gasteiger charge is 2.20. The van der Waals surface area contributed by atoms with Crippen LogP contribution in [0.5, 0.6) is 0 Å². The van der Waals surface area contributed by atoms with Crippen molar-refractivity contribution >= 4 is 39.1 Å². The van der Waals surface area contributed by atoms with Crippen LogP contribution in [0.2, 0.25) is 0 Å². The Morgan fingerprint density at radius 1 is 1.15 bits per heavy atom. The molecule has 33 heavy (non-hydrogen) atoms. The molecular formula is C23H20N6O3S. The van der Waals surface area contributed by atoms with Gasteiger partial charge in [0.25, 0.3) is 0 Å². The minimum atomic E-state index is -0.615. The fourth-order valence-corrected chi connectivity index (χ4v) is 4.74. The molecule has 1 amide bonds. The number of anilines is 1. The van der Waals surface area contributed by atoms with Gasteiger partial charge >= 0.3 is 0 Å². The molecule has 1 aliphatic heterocycles. The number of hydrogen-bond acceptors (Lipinski definition) is 9. The third-order valence-corrected chi connectivity index (χ3v) is 6.50. The maximum absolute atomic E-state index is 12.7. The van der Waals surface area contributed by atoms with Crippen molar-refractivity contribution in [3.63, 3.8) is 0 Å². The van der Waals surface area contributed by atoms with Gasteiger partial charge in [-0.05, 0) is 12.1 Å². The highest BCUT2D eigenvalue weighted by molar-refractivity contribution is 7.17. The minimum Gasteiger partial charge on any atom is -0.439 e. The van der Waals surface area contributed by atoms with Crippen LogP contribution in [0, 0.1) is 5.41 Å². The molecule has 3 aromatic heterocycles. The smallest absolute Gasteiger partial charge is 0.249 e. The van der Waals surface area contributed by atoms with Gasteiger partial charge in [-0.15, -0.1) is 11.3 Å². The molecule has 4 aromatic rings. The van der Waals surface area contributed by atoms with Crippen molar-refractivity contribution in [3.05, 3.63) is 75.1 Å². The van der Waals surface area contributed by atoms with E-state index in [4.69, 9.17) is 15.6 Å². The number of nitrogens with zero attached hydrogens (tertiary/aromatic N) is 3. The first-order valence-electron chi connectivity index (χ1n) is 10.3. The fraction of sp³-hybridized carbons (Fsp3) is 0.174. The second-order valence-electron chi connectivity index (χ2n) is 7.57. The van der Waals surface area contributed by atoms with Gasteiger partial charge in [-0.25, -0.2) is 9.97 Å². The first-order chi connectivity index (χ1) is 16.0. The lowest BCUT2D eigenvalue weighted by Crippen LogP contribution is -2.43. The van der Waals surface area contributed by atoms with E-state index in [0.717, 1.165) is 26.2 Å². The van der Waals surface area contributed by atoms with Gasteiger partial charge in [-0.2, -0.15) is 0 Å². The summed E-state index contributed by atoms with van der Waals surface area (Å²) < 4.78 is 6.69. The van der Waals surface area contributed by atoms with E-state index in [-0.39, 0.29) is 16.7 Å². The molecule has 9 nitrogen and oxygen atoms in total. The van der Waals surface area contributed by atoms with Gasteiger partial charge in [0.15, 0.2) is 11.5 Å². The second-order valence-corrected chi connectivity index (χ2v) is 8.45. The van der Waals surface area contributed by atoms with Crippen LogP contribution < -0.4 is 21.4 Å². The van der Waals surface area contributed by atoms with Crippen molar-refractivity contribution in [3.8, 4) is 11.3 Å². The largest absolute Gasteiger partial charge is 0.439 e. The van der Waals surface area contributed by atoms with Gasteiger partial charge in [0.1, 0.15) is 11.0 Å². The molecular weight excluding hydrogens is 440 g/mol. The lowest BCUT2D eigenvalue weighted by atomic mass is 9.99. The van der Waals surface area contributed by atoms with E-state index in [2.05, 4.69) is 15.3 Å². The number of rotatable bonds is 5. The van der Waals surface area contributed by atoms with Crippen LogP contribution in [0.1, 0.15) is 21.6 Å². The third-order valence-electron chi connectivity index (χ3n) is 5.52. The molecule has 0 aliphatic carbocycles. The summed E-state index contributed by atoms with van der Waals surface area (Å²) in [6.07, 6.45) is 1.36. The summed E-state index contributed by atoms with van der Waals surface area (Å²) in [5, 5.41) is 13.7. The van der Waals surface area contributed by atoms with E-state index in [1.165, 1.54) is 23.7 Å². The van der Waals surface area contributed by atoms with Crippen molar-refractivity contribution < 1.29 is 9.21 Å². The molecule has 0 atom stereocenters. The van der Waals surface area contributed by atoms with E-state index in [0.29, 0.717) is 38.7 Å². The Kier molecular flexibility index (Phi) is 5.45. The van der Waals surface area contributed by atoms with Crippen LogP contribution in [0.4, 0.5) is 5.88 Å². The summed E-state index contributed by atoms with van der Waals surface area (Å²) in [5.74, 6) is -0.0817. The Bertz CT molecular complexity index is 1440. The van der Waals surface area contributed by atoms with Crippen LogP contribution in [0.15, 0.2) is 57.3 Å². The molecule has 10 heteroatoms. The Morgan fingerprint density at radius 3 is 2.67 bits per heavy atom. The molecule has 1 fully saturated rings. The average Bonchev–Trinajstić information content (AvgIpc) is 3.29. The van der Waals surface area contributed by atoms with Crippen molar-refractivity contribution in [1.82, 2.24) is 15.3 Å². The van der Waals surface area contributed by atoms with Gasteiger partial charge < -0.3 is 20.4 Å².